The lowest BCUT2D eigenvalue weighted by atomic mass is 9.95. The van der Waals surface area contributed by atoms with Crippen molar-refractivity contribution < 1.29 is 24.2 Å². The maximum atomic E-state index is 13.3. The van der Waals surface area contributed by atoms with E-state index in [2.05, 4.69) is 4.90 Å². The number of nitrogens with zero attached hydrogens (tertiary/aromatic N) is 2. The number of hydrogen-bond acceptors (Lipinski definition) is 7. The van der Waals surface area contributed by atoms with Crippen molar-refractivity contribution in [3.8, 4) is 5.75 Å². The molecular formula is C25H30N2O5S. The SMILES string of the molecule is CCCOc1cccc([C@H]2C(C(=O)c3cccs3)=C(O)C(=O)N2CCCN2CCOCC2)c1. The third-order valence-corrected chi connectivity index (χ3v) is 6.79. The molecule has 2 aromatic rings. The minimum atomic E-state index is -0.651. The number of Topliss-reactive ketones (excluding diaryl/α,β-unsaturated/α-hetero) is 1. The smallest absolute Gasteiger partial charge is 0.290 e. The van der Waals surface area contributed by atoms with E-state index in [-0.39, 0.29) is 11.4 Å². The van der Waals surface area contributed by atoms with Gasteiger partial charge in [0, 0.05) is 26.2 Å². The number of amides is 1. The van der Waals surface area contributed by atoms with Gasteiger partial charge in [-0.3, -0.25) is 14.5 Å². The fourth-order valence-corrected chi connectivity index (χ4v) is 4.96. The van der Waals surface area contributed by atoms with Crippen LogP contribution in [-0.2, 0) is 9.53 Å². The zero-order valence-corrected chi connectivity index (χ0v) is 19.7. The average molecular weight is 471 g/mol. The molecule has 0 radical (unpaired) electrons. The number of rotatable bonds is 10. The van der Waals surface area contributed by atoms with Crippen molar-refractivity contribution in [3.05, 3.63) is 63.6 Å². The van der Waals surface area contributed by atoms with Gasteiger partial charge in [-0.1, -0.05) is 25.1 Å². The molecular weight excluding hydrogens is 440 g/mol. The van der Waals surface area contributed by atoms with Crippen LogP contribution in [0.2, 0.25) is 0 Å². The molecule has 8 heteroatoms. The number of aliphatic hydroxyl groups excluding tert-OH is 1. The Kier molecular flexibility index (Phi) is 7.80. The standard InChI is InChI=1S/C25H30N2O5S/c1-2-13-32-19-7-3-6-18(17-19)22-21(23(28)20-8-4-16-33-20)24(29)25(30)27(22)10-5-9-26-11-14-31-15-12-26/h3-4,6-8,16-17,22,29H,2,5,9-15H2,1H3/t22-/m0/s1. The van der Waals surface area contributed by atoms with Crippen molar-refractivity contribution >= 4 is 23.0 Å². The van der Waals surface area contributed by atoms with Gasteiger partial charge in [-0.15, -0.1) is 11.3 Å². The summed E-state index contributed by atoms with van der Waals surface area (Å²) in [6, 6.07) is 10.3. The lowest BCUT2D eigenvalue weighted by Crippen LogP contribution is -2.39. The van der Waals surface area contributed by atoms with E-state index >= 15 is 0 Å². The summed E-state index contributed by atoms with van der Waals surface area (Å²) in [4.78, 5) is 30.9. The number of carbonyl (C=O) groups is 2. The van der Waals surface area contributed by atoms with Crippen molar-refractivity contribution in [1.29, 1.82) is 0 Å². The van der Waals surface area contributed by atoms with E-state index in [9.17, 15) is 14.7 Å². The average Bonchev–Trinajstić information content (AvgIpc) is 3.46. The van der Waals surface area contributed by atoms with E-state index < -0.39 is 17.7 Å². The van der Waals surface area contributed by atoms with Crippen LogP contribution in [0, 0.1) is 0 Å². The Bertz CT molecular complexity index is 998. The molecule has 33 heavy (non-hydrogen) atoms. The Morgan fingerprint density at radius 3 is 2.76 bits per heavy atom. The Morgan fingerprint density at radius 2 is 2.03 bits per heavy atom. The summed E-state index contributed by atoms with van der Waals surface area (Å²) in [6.45, 7) is 7.07. The van der Waals surface area contributed by atoms with Gasteiger partial charge in [-0.25, -0.2) is 0 Å². The highest BCUT2D eigenvalue weighted by Gasteiger charge is 2.43. The number of ketones is 1. The van der Waals surface area contributed by atoms with E-state index in [1.807, 2.05) is 36.6 Å². The second kappa shape index (κ2) is 11.0. The van der Waals surface area contributed by atoms with Crippen molar-refractivity contribution in [1.82, 2.24) is 9.80 Å². The van der Waals surface area contributed by atoms with Crippen molar-refractivity contribution in [3.63, 3.8) is 0 Å². The molecule has 176 valence electrons. The first-order valence-corrected chi connectivity index (χ1v) is 12.3. The first-order valence-electron chi connectivity index (χ1n) is 11.4. The predicted molar refractivity (Wildman–Crippen MR) is 127 cm³/mol. The number of carbonyl (C=O) groups excluding carboxylic acids is 2. The Labute approximate surface area is 198 Å². The Balaban J connectivity index is 1.61. The zero-order chi connectivity index (χ0) is 23.2. The highest BCUT2D eigenvalue weighted by molar-refractivity contribution is 7.12. The first kappa shape index (κ1) is 23.5. The molecule has 1 N–H and O–H groups in total. The van der Waals surface area contributed by atoms with Gasteiger partial charge in [0.1, 0.15) is 5.75 Å². The minimum absolute atomic E-state index is 0.140. The first-order chi connectivity index (χ1) is 16.1. The largest absolute Gasteiger partial charge is 0.503 e. The molecule has 2 aliphatic heterocycles. The van der Waals surface area contributed by atoms with E-state index in [0.717, 1.165) is 51.3 Å². The van der Waals surface area contributed by atoms with Gasteiger partial charge in [-0.05, 0) is 42.0 Å². The molecule has 1 amide bonds. The normalized spacial score (nSPS) is 19.4. The van der Waals surface area contributed by atoms with E-state index in [0.29, 0.717) is 23.8 Å². The predicted octanol–water partition coefficient (Wildman–Crippen LogP) is 3.84. The molecule has 1 aromatic carbocycles. The summed E-state index contributed by atoms with van der Waals surface area (Å²) >= 11 is 1.30. The van der Waals surface area contributed by atoms with Crippen LogP contribution < -0.4 is 4.74 Å². The van der Waals surface area contributed by atoms with Crippen LogP contribution >= 0.6 is 11.3 Å². The van der Waals surface area contributed by atoms with Crippen molar-refractivity contribution in [2.45, 2.75) is 25.8 Å². The second-order valence-electron chi connectivity index (χ2n) is 8.20. The quantitative estimate of drug-likeness (QED) is 0.532. The highest BCUT2D eigenvalue weighted by Crippen LogP contribution is 2.40. The van der Waals surface area contributed by atoms with Gasteiger partial charge < -0.3 is 19.5 Å². The number of ether oxygens (including phenoxy) is 2. The molecule has 0 unspecified atom stereocenters. The van der Waals surface area contributed by atoms with Gasteiger partial charge in [0.2, 0.25) is 5.78 Å². The van der Waals surface area contributed by atoms with Crippen LogP contribution in [0.25, 0.3) is 0 Å². The molecule has 0 bridgehead atoms. The van der Waals surface area contributed by atoms with Crippen LogP contribution in [0.1, 0.15) is 41.0 Å². The molecule has 0 saturated carbocycles. The number of aliphatic hydroxyl groups is 1. The summed E-state index contributed by atoms with van der Waals surface area (Å²) in [5, 5.41) is 12.6. The van der Waals surface area contributed by atoms with E-state index in [1.165, 1.54) is 11.3 Å². The lowest BCUT2D eigenvalue weighted by Gasteiger charge is -2.30. The minimum Gasteiger partial charge on any atom is -0.503 e. The molecule has 3 heterocycles. The Morgan fingerprint density at radius 1 is 1.21 bits per heavy atom. The number of morpholine rings is 1. The van der Waals surface area contributed by atoms with Crippen LogP contribution in [0.15, 0.2) is 53.1 Å². The maximum absolute atomic E-state index is 13.3. The molecule has 1 atom stereocenters. The Hall–Kier alpha value is -2.68. The summed E-state index contributed by atoms with van der Waals surface area (Å²) < 4.78 is 11.2. The molecule has 7 nitrogen and oxygen atoms in total. The van der Waals surface area contributed by atoms with Crippen molar-refractivity contribution in [2.24, 2.45) is 0 Å². The molecule has 2 aliphatic rings. The number of benzene rings is 1. The monoisotopic (exact) mass is 470 g/mol. The number of thiophene rings is 1. The van der Waals surface area contributed by atoms with Gasteiger partial charge in [0.15, 0.2) is 5.76 Å². The topological polar surface area (TPSA) is 79.3 Å². The summed E-state index contributed by atoms with van der Waals surface area (Å²) in [5.74, 6) is -0.577. The molecule has 0 aliphatic carbocycles. The maximum Gasteiger partial charge on any atom is 0.290 e. The van der Waals surface area contributed by atoms with E-state index in [1.54, 1.807) is 17.0 Å². The fourth-order valence-electron chi connectivity index (χ4n) is 4.29. The van der Waals surface area contributed by atoms with Crippen LogP contribution in [0.4, 0.5) is 0 Å². The summed E-state index contributed by atoms with van der Waals surface area (Å²) in [5.41, 5.74) is 0.897. The molecule has 0 spiro atoms. The van der Waals surface area contributed by atoms with Gasteiger partial charge >= 0.3 is 0 Å². The van der Waals surface area contributed by atoms with Crippen LogP contribution in [0.3, 0.4) is 0 Å². The second-order valence-corrected chi connectivity index (χ2v) is 9.15. The fraction of sp³-hybridized carbons (Fsp3) is 0.440. The molecule has 1 fully saturated rings. The zero-order valence-electron chi connectivity index (χ0n) is 18.9. The molecule has 1 aromatic heterocycles. The van der Waals surface area contributed by atoms with E-state index in [4.69, 9.17) is 9.47 Å². The highest BCUT2D eigenvalue weighted by atomic mass is 32.1. The van der Waals surface area contributed by atoms with Crippen LogP contribution in [0.5, 0.6) is 5.75 Å². The lowest BCUT2D eigenvalue weighted by molar-refractivity contribution is -0.129. The van der Waals surface area contributed by atoms with Crippen molar-refractivity contribution in [2.75, 3.05) is 46.0 Å². The van der Waals surface area contributed by atoms with Crippen LogP contribution in [-0.4, -0.2) is 72.6 Å². The van der Waals surface area contributed by atoms with Gasteiger partial charge in [-0.2, -0.15) is 0 Å². The van der Waals surface area contributed by atoms with Gasteiger partial charge in [0.25, 0.3) is 5.91 Å². The number of hydrogen-bond donors (Lipinski definition) is 1. The third-order valence-electron chi connectivity index (χ3n) is 5.92. The molecule has 4 rings (SSSR count). The summed E-state index contributed by atoms with van der Waals surface area (Å²) in [6.07, 6.45) is 1.62. The molecule has 1 saturated heterocycles. The third kappa shape index (κ3) is 5.29. The van der Waals surface area contributed by atoms with Gasteiger partial charge in [0.05, 0.1) is 36.3 Å². The summed E-state index contributed by atoms with van der Waals surface area (Å²) in [7, 11) is 0.